The Morgan fingerprint density at radius 1 is 0.333 bits per heavy atom. The topological polar surface area (TPSA) is 0 Å². The molecule has 0 spiro atoms. The SMILES string of the molecule is BrC12C3C4C5C6C7C8C9C(C%10C1C4C1C5C7(Br)C9C1%10Br)C2C8(Br)C63. The number of alkyl halides is 4. The Morgan fingerprint density at radius 2 is 0.583 bits per heavy atom. The van der Waals surface area contributed by atoms with Crippen LogP contribution >= 0.6 is 63.7 Å². The van der Waals surface area contributed by atoms with E-state index in [4.69, 9.17) is 0 Å². The molecule has 20 atom stereocenters. The van der Waals surface area contributed by atoms with Crippen molar-refractivity contribution in [3.05, 3.63) is 0 Å². The van der Waals surface area contributed by atoms with Crippen LogP contribution in [0.1, 0.15) is 0 Å². The zero-order chi connectivity index (χ0) is 15.2. The van der Waals surface area contributed by atoms with E-state index in [1.54, 1.807) is 0 Å². The summed E-state index contributed by atoms with van der Waals surface area (Å²) in [6, 6.07) is 0. The Labute approximate surface area is 174 Å². The number of hydrogen-bond donors (Lipinski definition) is 0. The summed E-state index contributed by atoms with van der Waals surface area (Å²) < 4.78 is 2.16. The molecule has 4 heteroatoms. The fourth-order valence-corrected chi connectivity index (χ4v) is 23.2. The van der Waals surface area contributed by atoms with Gasteiger partial charge >= 0.3 is 0 Å². The third kappa shape index (κ3) is 0.590. The molecule has 12 fully saturated rings. The Hall–Kier alpha value is 1.92. The molecular formula is C20H16Br4. The molecule has 0 aromatic carbocycles. The Bertz CT molecular complexity index is 832. The Kier molecular flexibility index (Phi) is 1.36. The van der Waals surface area contributed by atoms with Gasteiger partial charge in [-0.3, -0.25) is 0 Å². The van der Waals surface area contributed by atoms with Gasteiger partial charge in [-0.15, -0.1) is 0 Å². The Balaban J connectivity index is 1.48. The molecule has 0 radical (unpaired) electrons. The molecular weight excluding hydrogens is 560 g/mol. The molecule has 12 saturated carbocycles. The minimum absolute atomic E-state index is 0.536. The van der Waals surface area contributed by atoms with Crippen LogP contribution in [0.15, 0.2) is 0 Å². The lowest BCUT2D eigenvalue weighted by molar-refractivity contribution is 0.199. The summed E-state index contributed by atoms with van der Waals surface area (Å²) in [5.74, 6) is 16.7. The molecule has 20 unspecified atom stereocenters. The van der Waals surface area contributed by atoms with Crippen molar-refractivity contribution < 1.29 is 0 Å². The van der Waals surface area contributed by atoms with E-state index < -0.39 is 0 Å². The van der Waals surface area contributed by atoms with Gasteiger partial charge in [-0.1, -0.05) is 63.7 Å². The van der Waals surface area contributed by atoms with E-state index in [2.05, 4.69) is 63.7 Å². The molecule has 0 aromatic rings. The molecule has 0 saturated heterocycles. The van der Waals surface area contributed by atoms with E-state index >= 15 is 0 Å². The first-order chi connectivity index (χ1) is 11.5. The van der Waals surface area contributed by atoms with Crippen LogP contribution in [0.2, 0.25) is 0 Å². The lowest BCUT2D eigenvalue weighted by Gasteiger charge is -2.39. The van der Waals surface area contributed by atoms with Gasteiger partial charge < -0.3 is 0 Å². The average molecular weight is 576 g/mol. The molecule has 0 nitrogen and oxygen atoms in total. The second kappa shape index (κ2) is 2.61. The van der Waals surface area contributed by atoms with Gasteiger partial charge in [-0.25, -0.2) is 0 Å². The summed E-state index contributed by atoms with van der Waals surface area (Å²) in [5.41, 5.74) is 0. The summed E-state index contributed by atoms with van der Waals surface area (Å²) in [6.07, 6.45) is 0. The molecule has 0 amide bonds. The summed E-state index contributed by atoms with van der Waals surface area (Å²) in [6.45, 7) is 0. The van der Waals surface area contributed by atoms with Gasteiger partial charge in [0.15, 0.2) is 0 Å². The standard InChI is InChI=1S/C20H16Br4/c21-17-7-1-2-4-10(7)20(24)14-6-5(15(17)20)13-11(17)3(1)9-8(2)18(22,12(4)14)16(6)19(9,13)23/h1-16H. The van der Waals surface area contributed by atoms with Crippen LogP contribution in [0, 0.1) is 94.7 Å². The third-order valence-electron chi connectivity index (χ3n) is 13.4. The maximum atomic E-state index is 4.63. The van der Waals surface area contributed by atoms with Crippen molar-refractivity contribution in [2.75, 3.05) is 0 Å². The molecule has 0 N–H and O–H groups in total. The van der Waals surface area contributed by atoms with Crippen molar-refractivity contribution in [3.8, 4) is 0 Å². The zero-order valence-corrected chi connectivity index (χ0v) is 19.1. The van der Waals surface area contributed by atoms with Crippen molar-refractivity contribution in [1.29, 1.82) is 0 Å². The first kappa shape index (κ1) is 12.5. The third-order valence-corrected chi connectivity index (χ3v) is 19.6. The molecule has 12 rings (SSSR count). The maximum absolute atomic E-state index is 4.63. The Morgan fingerprint density at radius 3 is 0.917 bits per heavy atom. The van der Waals surface area contributed by atoms with Crippen LogP contribution in [-0.4, -0.2) is 17.3 Å². The highest BCUT2D eigenvalue weighted by Gasteiger charge is 3.08. The highest BCUT2D eigenvalue weighted by Crippen LogP contribution is 3.07. The zero-order valence-electron chi connectivity index (χ0n) is 12.7. The average Bonchev–Trinajstić information content (AvgIpc) is 3.25. The molecule has 124 valence electrons. The summed E-state index contributed by atoms with van der Waals surface area (Å²) in [7, 11) is 0. The van der Waals surface area contributed by atoms with Gasteiger partial charge in [-0.2, -0.15) is 0 Å². The number of rotatable bonds is 0. The van der Waals surface area contributed by atoms with Crippen LogP contribution in [-0.2, 0) is 0 Å². The molecule has 12 aliphatic carbocycles. The van der Waals surface area contributed by atoms with Crippen LogP contribution in [0.4, 0.5) is 0 Å². The highest BCUT2D eigenvalue weighted by molar-refractivity contribution is 9.11. The quantitative estimate of drug-likeness (QED) is 0.373. The molecule has 0 bridgehead atoms. The van der Waals surface area contributed by atoms with Crippen LogP contribution in [0.25, 0.3) is 0 Å². The summed E-state index contributed by atoms with van der Waals surface area (Å²) >= 11 is 18.5. The fourth-order valence-electron chi connectivity index (χ4n) is 15.1. The molecule has 0 heterocycles. The van der Waals surface area contributed by atoms with Gasteiger partial charge in [-0.05, 0) is 94.7 Å². The second-order valence-electron chi connectivity index (χ2n) is 11.9. The lowest BCUT2D eigenvalue weighted by Crippen LogP contribution is -2.43. The van der Waals surface area contributed by atoms with Gasteiger partial charge in [0.05, 0.1) is 0 Å². The van der Waals surface area contributed by atoms with E-state index in [0.717, 1.165) is 94.7 Å². The van der Waals surface area contributed by atoms with Crippen LogP contribution < -0.4 is 0 Å². The van der Waals surface area contributed by atoms with Crippen molar-refractivity contribution in [1.82, 2.24) is 0 Å². The van der Waals surface area contributed by atoms with Crippen LogP contribution in [0.3, 0.4) is 0 Å². The highest BCUT2D eigenvalue weighted by atomic mass is 79.9. The van der Waals surface area contributed by atoms with E-state index in [0.29, 0.717) is 17.3 Å². The van der Waals surface area contributed by atoms with Crippen LogP contribution in [0.5, 0.6) is 0 Å². The minimum Gasteiger partial charge on any atom is -0.0843 e. The van der Waals surface area contributed by atoms with Gasteiger partial charge in [0, 0.05) is 17.3 Å². The summed E-state index contributed by atoms with van der Waals surface area (Å²) in [4.78, 5) is 0. The maximum Gasteiger partial charge on any atom is 0.0371 e. The summed E-state index contributed by atoms with van der Waals surface area (Å²) in [5, 5.41) is 0. The van der Waals surface area contributed by atoms with E-state index in [-0.39, 0.29) is 0 Å². The van der Waals surface area contributed by atoms with Crippen molar-refractivity contribution in [3.63, 3.8) is 0 Å². The number of hydrogen-bond acceptors (Lipinski definition) is 0. The predicted octanol–water partition coefficient (Wildman–Crippen LogP) is 4.53. The monoisotopic (exact) mass is 572 g/mol. The fraction of sp³-hybridized carbons (Fsp3) is 1.00. The molecule has 0 aromatic heterocycles. The van der Waals surface area contributed by atoms with E-state index in [9.17, 15) is 0 Å². The van der Waals surface area contributed by atoms with Crippen molar-refractivity contribution in [2.24, 2.45) is 94.7 Å². The molecule has 24 heavy (non-hydrogen) atoms. The van der Waals surface area contributed by atoms with Gasteiger partial charge in [0.1, 0.15) is 0 Å². The predicted molar refractivity (Wildman–Crippen MR) is 102 cm³/mol. The number of halogens is 4. The van der Waals surface area contributed by atoms with Gasteiger partial charge in [0.25, 0.3) is 0 Å². The van der Waals surface area contributed by atoms with Crippen molar-refractivity contribution in [2.45, 2.75) is 17.3 Å². The lowest BCUT2D eigenvalue weighted by atomic mass is 9.77. The van der Waals surface area contributed by atoms with Gasteiger partial charge in [0.2, 0.25) is 0 Å². The normalized spacial score (nSPS) is 104. The second-order valence-corrected chi connectivity index (χ2v) is 17.4. The minimum atomic E-state index is 0.536. The van der Waals surface area contributed by atoms with E-state index in [1.165, 1.54) is 0 Å². The van der Waals surface area contributed by atoms with E-state index in [1.807, 2.05) is 0 Å². The molecule has 0 aliphatic heterocycles. The van der Waals surface area contributed by atoms with Crippen molar-refractivity contribution >= 4 is 63.7 Å². The molecule has 12 aliphatic rings. The largest absolute Gasteiger partial charge is 0.0843 e. The smallest absolute Gasteiger partial charge is 0.0371 e. The first-order valence-electron chi connectivity index (χ1n) is 10.2. The first-order valence-corrected chi connectivity index (χ1v) is 13.4.